The highest BCUT2D eigenvalue weighted by atomic mass is 79.9. The van der Waals surface area contributed by atoms with Crippen LogP contribution in [0.15, 0.2) is 33.2 Å². The van der Waals surface area contributed by atoms with E-state index in [1.807, 2.05) is 19.1 Å². The average molecular weight is 359 g/mol. The van der Waals surface area contributed by atoms with Gasteiger partial charge in [0.1, 0.15) is 23.9 Å². The van der Waals surface area contributed by atoms with Crippen LogP contribution in [0, 0.1) is 6.92 Å². The Hall–Kier alpha value is -0.970. The van der Waals surface area contributed by atoms with E-state index in [0.29, 0.717) is 11.6 Å². The fraction of sp³-hybridized carbons (Fsp3) is 0.333. The maximum Gasteiger partial charge on any atom is 0.146 e. The Morgan fingerprint density at radius 2 is 2.15 bits per heavy atom. The smallest absolute Gasteiger partial charge is 0.146 e. The molecule has 2 aromatic rings. The van der Waals surface area contributed by atoms with Crippen LogP contribution in [0.4, 0.5) is 0 Å². The standard InChI is InChI=1S/C15H17BrClNO2/c1-3-18-8-15-10(2)6-12(20-15)9-19-14-5-4-11(17)7-13(14)16/h4-7,18H,3,8-9H2,1-2H3. The van der Waals surface area contributed by atoms with Gasteiger partial charge in [-0.2, -0.15) is 0 Å². The molecule has 0 aliphatic heterocycles. The topological polar surface area (TPSA) is 34.4 Å². The normalized spacial score (nSPS) is 10.8. The van der Waals surface area contributed by atoms with Gasteiger partial charge in [0.05, 0.1) is 11.0 Å². The second kappa shape index (κ2) is 7.16. The SMILES string of the molecule is CCNCc1oc(COc2ccc(Cl)cc2Br)cc1C. The lowest BCUT2D eigenvalue weighted by molar-refractivity contribution is 0.263. The molecule has 0 spiro atoms. The highest BCUT2D eigenvalue weighted by molar-refractivity contribution is 9.10. The van der Waals surface area contributed by atoms with Crippen LogP contribution in [0.3, 0.4) is 0 Å². The third-order valence-corrected chi connectivity index (χ3v) is 3.73. The molecule has 20 heavy (non-hydrogen) atoms. The number of furan rings is 1. The quantitative estimate of drug-likeness (QED) is 0.813. The van der Waals surface area contributed by atoms with Crippen molar-refractivity contribution in [3.05, 3.63) is 50.8 Å². The summed E-state index contributed by atoms with van der Waals surface area (Å²) in [4.78, 5) is 0. The molecule has 0 fully saturated rings. The summed E-state index contributed by atoms with van der Waals surface area (Å²) in [5.41, 5.74) is 1.14. The van der Waals surface area contributed by atoms with Crippen LogP contribution < -0.4 is 10.1 Å². The van der Waals surface area contributed by atoms with Gasteiger partial charge in [-0.25, -0.2) is 0 Å². The summed E-state index contributed by atoms with van der Waals surface area (Å²) in [5, 5.41) is 3.92. The van der Waals surface area contributed by atoms with Crippen LogP contribution in [-0.2, 0) is 13.2 Å². The zero-order valence-corrected chi connectivity index (χ0v) is 13.8. The summed E-state index contributed by atoms with van der Waals surface area (Å²) in [5.74, 6) is 2.52. The maximum absolute atomic E-state index is 5.90. The van der Waals surface area contributed by atoms with E-state index in [2.05, 4.69) is 28.2 Å². The minimum absolute atomic E-state index is 0.396. The van der Waals surface area contributed by atoms with Crippen molar-refractivity contribution in [2.45, 2.75) is 27.0 Å². The minimum Gasteiger partial charge on any atom is -0.484 e. The summed E-state index contributed by atoms with van der Waals surface area (Å²) in [7, 11) is 0. The van der Waals surface area contributed by atoms with E-state index in [1.54, 1.807) is 12.1 Å². The van der Waals surface area contributed by atoms with Crippen LogP contribution in [0.2, 0.25) is 5.02 Å². The summed E-state index contributed by atoms with van der Waals surface area (Å²) in [6, 6.07) is 7.45. The van der Waals surface area contributed by atoms with E-state index in [9.17, 15) is 0 Å². The van der Waals surface area contributed by atoms with Crippen molar-refractivity contribution in [2.24, 2.45) is 0 Å². The highest BCUT2D eigenvalue weighted by Gasteiger charge is 2.09. The molecule has 1 aromatic heterocycles. The zero-order valence-electron chi connectivity index (χ0n) is 11.5. The van der Waals surface area contributed by atoms with Gasteiger partial charge in [0.25, 0.3) is 0 Å². The molecule has 2 rings (SSSR count). The van der Waals surface area contributed by atoms with Crippen molar-refractivity contribution >= 4 is 27.5 Å². The van der Waals surface area contributed by atoms with Gasteiger partial charge < -0.3 is 14.5 Å². The fourth-order valence-corrected chi connectivity index (χ4v) is 2.61. The molecule has 0 aliphatic carbocycles. The monoisotopic (exact) mass is 357 g/mol. The number of hydrogen-bond donors (Lipinski definition) is 1. The predicted molar refractivity (Wildman–Crippen MR) is 84.3 cm³/mol. The summed E-state index contributed by atoms with van der Waals surface area (Å²) in [6.07, 6.45) is 0. The molecule has 0 saturated carbocycles. The fourth-order valence-electron chi connectivity index (χ4n) is 1.82. The second-order valence-electron chi connectivity index (χ2n) is 4.46. The van der Waals surface area contributed by atoms with Crippen LogP contribution in [-0.4, -0.2) is 6.54 Å². The number of halogens is 2. The molecule has 0 aliphatic rings. The molecular formula is C15H17BrClNO2. The van der Waals surface area contributed by atoms with Crippen LogP contribution in [0.1, 0.15) is 24.0 Å². The first-order chi connectivity index (χ1) is 9.60. The van der Waals surface area contributed by atoms with Gasteiger partial charge >= 0.3 is 0 Å². The Labute approximate surface area is 132 Å². The number of hydrogen-bond acceptors (Lipinski definition) is 3. The molecule has 0 unspecified atom stereocenters. The molecule has 0 radical (unpaired) electrons. The molecule has 1 aromatic carbocycles. The van der Waals surface area contributed by atoms with E-state index in [4.69, 9.17) is 20.8 Å². The number of nitrogens with one attached hydrogen (secondary N) is 1. The molecule has 5 heteroatoms. The minimum atomic E-state index is 0.396. The number of rotatable bonds is 6. The lowest BCUT2D eigenvalue weighted by Gasteiger charge is -2.06. The van der Waals surface area contributed by atoms with Crippen molar-refractivity contribution in [2.75, 3.05) is 6.54 Å². The molecule has 0 amide bonds. The Morgan fingerprint density at radius 3 is 2.85 bits per heavy atom. The van der Waals surface area contributed by atoms with E-state index < -0.39 is 0 Å². The van der Waals surface area contributed by atoms with Gasteiger partial charge in [0.15, 0.2) is 0 Å². The van der Waals surface area contributed by atoms with E-state index in [-0.39, 0.29) is 0 Å². The van der Waals surface area contributed by atoms with Crippen molar-refractivity contribution in [3.63, 3.8) is 0 Å². The lowest BCUT2D eigenvalue weighted by Crippen LogP contribution is -2.11. The molecule has 108 valence electrons. The molecular weight excluding hydrogens is 342 g/mol. The molecule has 0 saturated heterocycles. The third kappa shape index (κ3) is 4.01. The van der Waals surface area contributed by atoms with Gasteiger partial charge in [0.2, 0.25) is 0 Å². The Kier molecular flexibility index (Phi) is 5.52. The van der Waals surface area contributed by atoms with Crippen molar-refractivity contribution in [3.8, 4) is 5.75 Å². The maximum atomic E-state index is 5.90. The van der Waals surface area contributed by atoms with Gasteiger partial charge in [0, 0.05) is 5.02 Å². The van der Waals surface area contributed by atoms with Crippen LogP contribution in [0.25, 0.3) is 0 Å². The predicted octanol–water partition coefficient (Wildman–Crippen LogP) is 4.69. The first kappa shape index (κ1) is 15.4. The number of aryl methyl sites for hydroxylation is 1. The lowest BCUT2D eigenvalue weighted by atomic mass is 10.2. The van der Waals surface area contributed by atoms with Crippen molar-refractivity contribution in [1.82, 2.24) is 5.32 Å². The Bertz CT molecular complexity index is 583. The second-order valence-corrected chi connectivity index (χ2v) is 5.75. The third-order valence-electron chi connectivity index (χ3n) is 2.87. The summed E-state index contributed by atoms with van der Waals surface area (Å²) < 4.78 is 12.3. The number of benzene rings is 1. The van der Waals surface area contributed by atoms with Crippen molar-refractivity contribution in [1.29, 1.82) is 0 Å². The van der Waals surface area contributed by atoms with Crippen LogP contribution in [0.5, 0.6) is 5.75 Å². The Balaban J connectivity index is 2.00. The van der Waals surface area contributed by atoms with Gasteiger partial charge in [-0.15, -0.1) is 0 Å². The molecule has 0 atom stereocenters. The first-order valence-electron chi connectivity index (χ1n) is 6.47. The Morgan fingerprint density at radius 1 is 1.35 bits per heavy atom. The van der Waals surface area contributed by atoms with Crippen molar-refractivity contribution < 1.29 is 9.15 Å². The van der Waals surface area contributed by atoms with Gasteiger partial charge in [-0.1, -0.05) is 18.5 Å². The summed E-state index contributed by atoms with van der Waals surface area (Å²) >= 11 is 9.32. The largest absolute Gasteiger partial charge is 0.484 e. The van der Waals surface area contributed by atoms with E-state index >= 15 is 0 Å². The molecule has 1 N–H and O–H groups in total. The van der Waals surface area contributed by atoms with Gasteiger partial charge in [-0.3, -0.25) is 0 Å². The molecule has 0 bridgehead atoms. The van der Waals surface area contributed by atoms with Crippen LogP contribution >= 0.6 is 27.5 Å². The highest BCUT2D eigenvalue weighted by Crippen LogP contribution is 2.29. The van der Waals surface area contributed by atoms with Gasteiger partial charge in [-0.05, 0) is 59.2 Å². The first-order valence-corrected chi connectivity index (χ1v) is 7.64. The molecule has 3 nitrogen and oxygen atoms in total. The number of ether oxygens (including phenoxy) is 1. The van der Waals surface area contributed by atoms with E-state index in [0.717, 1.165) is 40.4 Å². The summed E-state index contributed by atoms with van der Waals surface area (Å²) in [6.45, 7) is 6.17. The van der Waals surface area contributed by atoms with E-state index in [1.165, 1.54) is 0 Å². The zero-order chi connectivity index (χ0) is 14.5. The average Bonchev–Trinajstić information content (AvgIpc) is 2.76. The molecule has 1 heterocycles.